The second kappa shape index (κ2) is 12.1. The van der Waals surface area contributed by atoms with Crippen LogP contribution in [0.4, 0.5) is 0 Å². The van der Waals surface area contributed by atoms with Gasteiger partial charge in [0.2, 0.25) is 5.91 Å². The fourth-order valence-electron chi connectivity index (χ4n) is 5.53. The van der Waals surface area contributed by atoms with Crippen molar-refractivity contribution in [2.24, 2.45) is 10.7 Å². The maximum atomic E-state index is 13.5. The molecule has 210 valence electrons. The minimum absolute atomic E-state index is 0.0550. The number of nitrogens with one attached hydrogen (secondary N) is 1. The van der Waals surface area contributed by atoms with Crippen LogP contribution in [0.1, 0.15) is 99.8 Å². The van der Waals surface area contributed by atoms with E-state index in [4.69, 9.17) is 15.2 Å². The lowest BCUT2D eigenvalue weighted by Gasteiger charge is -2.38. The second-order valence-electron chi connectivity index (χ2n) is 10.8. The fourth-order valence-corrected chi connectivity index (χ4v) is 5.53. The molecule has 8 nitrogen and oxygen atoms in total. The number of carbonyl (C=O) groups excluding carboxylic acids is 2. The van der Waals surface area contributed by atoms with Crippen LogP contribution in [-0.2, 0) is 17.8 Å². The normalized spacial score (nSPS) is 22.3. The summed E-state index contributed by atoms with van der Waals surface area (Å²) in [5.74, 6) is 1.43. The number of hydrogen-bond acceptors (Lipinski definition) is 6. The number of hydrogen-bond donors (Lipinski definition) is 2. The number of nitrogens with two attached hydrogens (primary N) is 1. The molecule has 0 radical (unpaired) electrons. The summed E-state index contributed by atoms with van der Waals surface area (Å²) in [5.41, 5.74) is 9.30. The Balaban J connectivity index is 0.00000172. The van der Waals surface area contributed by atoms with Gasteiger partial charge in [0.1, 0.15) is 17.1 Å². The van der Waals surface area contributed by atoms with Crippen LogP contribution in [0.3, 0.4) is 0 Å². The first-order valence-electron chi connectivity index (χ1n) is 14.2. The molecule has 8 heteroatoms. The van der Waals surface area contributed by atoms with Gasteiger partial charge < -0.3 is 20.5 Å². The number of nitrogens with zero attached hydrogens (tertiary/aromatic N) is 2. The third-order valence-corrected chi connectivity index (χ3v) is 7.34. The molecular weight excluding hydrogens is 492 g/mol. The molecule has 3 N–H and O–H groups in total. The molecule has 2 atom stereocenters. The van der Waals surface area contributed by atoms with Gasteiger partial charge in [0.25, 0.3) is 5.91 Å². The Hall–Kier alpha value is -3.55. The Labute approximate surface area is 232 Å². The summed E-state index contributed by atoms with van der Waals surface area (Å²) in [6.45, 7) is 10.7. The molecule has 4 aliphatic heterocycles. The van der Waals surface area contributed by atoms with Crippen molar-refractivity contribution in [3.8, 4) is 11.5 Å². The number of ether oxygens (including phenoxy) is 2. The standard InChI is InChI=1S/C29H36N4O4.C2H6/c1-4-36-24-12-10-19-14-20(24)17-33-26(34)15-21(31-28(33)30)8-6-5-7-18-9-11-25-22(13-18)23(32-27(19)35)16-29(2,3)37-25;1-2/h9-14,21,23H,4-8,15-17H2,1-3H3,(H2,30,31)(H,32,35);1-2H3. The van der Waals surface area contributed by atoms with E-state index in [9.17, 15) is 9.59 Å². The van der Waals surface area contributed by atoms with Crippen molar-refractivity contribution in [3.63, 3.8) is 0 Å². The molecule has 0 spiro atoms. The van der Waals surface area contributed by atoms with Crippen LogP contribution < -0.4 is 20.5 Å². The smallest absolute Gasteiger partial charge is 0.251 e. The topological polar surface area (TPSA) is 106 Å². The van der Waals surface area contributed by atoms with E-state index in [-0.39, 0.29) is 36.4 Å². The van der Waals surface area contributed by atoms with Crippen LogP contribution in [0.25, 0.3) is 0 Å². The lowest BCUT2D eigenvalue weighted by atomic mass is 9.88. The maximum Gasteiger partial charge on any atom is 0.251 e. The minimum atomic E-state index is -0.406. The van der Waals surface area contributed by atoms with Gasteiger partial charge in [0, 0.05) is 29.5 Å². The Morgan fingerprint density at radius 3 is 2.69 bits per heavy atom. The first kappa shape index (κ1) is 28.5. The van der Waals surface area contributed by atoms with Crippen LogP contribution in [0.5, 0.6) is 11.5 Å². The molecule has 2 amide bonds. The molecule has 0 fully saturated rings. The van der Waals surface area contributed by atoms with E-state index in [2.05, 4.69) is 22.4 Å². The number of benzene rings is 2. The average molecular weight is 535 g/mol. The van der Waals surface area contributed by atoms with E-state index < -0.39 is 5.60 Å². The van der Waals surface area contributed by atoms with Crippen molar-refractivity contribution in [1.29, 1.82) is 0 Å². The molecule has 2 aromatic carbocycles. The van der Waals surface area contributed by atoms with Crippen LogP contribution in [0, 0.1) is 0 Å². The van der Waals surface area contributed by atoms with Gasteiger partial charge in [-0.2, -0.15) is 0 Å². The van der Waals surface area contributed by atoms with E-state index in [1.807, 2.05) is 40.7 Å². The largest absolute Gasteiger partial charge is 0.494 e. The fraction of sp³-hybridized carbons (Fsp3) is 0.516. The minimum Gasteiger partial charge on any atom is -0.494 e. The monoisotopic (exact) mass is 534 g/mol. The molecule has 0 saturated heterocycles. The quantitative estimate of drug-likeness (QED) is 0.545. The van der Waals surface area contributed by atoms with Gasteiger partial charge in [0.05, 0.1) is 25.2 Å². The second-order valence-corrected chi connectivity index (χ2v) is 10.8. The van der Waals surface area contributed by atoms with Gasteiger partial charge >= 0.3 is 0 Å². The molecule has 0 aliphatic carbocycles. The Morgan fingerprint density at radius 1 is 1.15 bits per heavy atom. The summed E-state index contributed by atoms with van der Waals surface area (Å²) >= 11 is 0. The van der Waals surface area contributed by atoms with Gasteiger partial charge in [-0.25, -0.2) is 4.99 Å². The number of guanidine groups is 1. The van der Waals surface area contributed by atoms with Crippen molar-refractivity contribution >= 4 is 17.8 Å². The van der Waals surface area contributed by atoms with E-state index in [0.29, 0.717) is 30.8 Å². The summed E-state index contributed by atoms with van der Waals surface area (Å²) in [7, 11) is 0. The van der Waals surface area contributed by atoms with Crippen LogP contribution in [-0.4, -0.2) is 40.9 Å². The van der Waals surface area contributed by atoms with Crippen molar-refractivity contribution in [3.05, 3.63) is 58.7 Å². The molecular formula is C31H42N4O4. The predicted octanol–water partition coefficient (Wildman–Crippen LogP) is 5.29. The van der Waals surface area contributed by atoms with E-state index >= 15 is 0 Å². The molecule has 6 rings (SSSR count). The van der Waals surface area contributed by atoms with E-state index in [0.717, 1.165) is 42.6 Å². The predicted molar refractivity (Wildman–Crippen MR) is 153 cm³/mol. The molecule has 2 aromatic rings. The van der Waals surface area contributed by atoms with E-state index in [1.165, 1.54) is 10.5 Å². The van der Waals surface area contributed by atoms with Crippen molar-refractivity contribution in [1.82, 2.24) is 10.2 Å². The van der Waals surface area contributed by atoms with Gasteiger partial charge in [-0.3, -0.25) is 14.5 Å². The summed E-state index contributed by atoms with van der Waals surface area (Å²) in [4.78, 5) is 32.7. The molecule has 0 saturated carbocycles. The first-order valence-corrected chi connectivity index (χ1v) is 14.2. The lowest BCUT2D eigenvalue weighted by molar-refractivity contribution is -0.128. The number of aryl methyl sites for hydroxylation is 1. The van der Waals surface area contributed by atoms with E-state index in [1.54, 1.807) is 18.2 Å². The zero-order valence-corrected chi connectivity index (χ0v) is 23.9. The maximum absolute atomic E-state index is 13.5. The SMILES string of the molecule is CC.CCOc1ccc2cc1CN1C(=O)CC(CCCCc3ccc4c(c3)C(CC(C)(C)O4)NC2=O)N=C1N. The lowest BCUT2D eigenvalue weighted by Crippen LogP contribution is -2.46. The Kier molecular flexibility index (Phi) is 8.83. The summed E-state index contributed by atoms with van der Waals surface area (Å²) < 4.78 is 12.1. The molecule has 39 heavy (non-hydrogen) atoms. The molecule has 4 aliphatic rings. The van der Waals surface area contributed by atoms with Gasteiger partial charge in [0.15, 0.2) is 5.96 Å². The zero-order chi connectivity index (χ0) is 28.2. The average Bonchev–Trinajstić information content (AvgIpc) is 2.90. The summed E-state index contributed by atoms with van der Waals surface area (Å²) in [6, 6.07) is 11.4. The van der Waals surface area contributed by atoms with Crippen molar-refractivity contribution in [2.45, 2.75) is 97.4 Å². The van der Waals surface area contributed by atoms with Gasteiger partial charge in [-0.1, -0.05) is 32.4 Å². The highest BCUT2D eigenvalue weighted by molar-refractivity contribution is 5.99. The molecule has 4 heterocycles. The van der Waals surface area contributed by atoms with Crippen LogP contribution in [0.15, 0.2) is 41.4 Å². The molecule has 6 bridgehead atoms. The molecule has 0 aromatic heterocycles. The van der Waals surface area contributed by atoms with Crippen molar-refractivity contribution < 1.29 is 19.1 Å². The molecule has 2 unspecified atom stereocenters. The Bertz CT molecular complexity index is 1240. The Morgan fingerprint density at radius 2 is 1.95 bits per heavy atom. The highest BCUT2D eigenvalue weighted by Gasteiger charge is 2.35. The number of aliphatic imine (C=N–C) groups is 1. The highest BCUT2D eigenvalue weighted by Crippen LogP contribution is 2.40. The number of fused-ring (bicyclic) bond motifs is 5. The highest BCUT2D eigenvalue weighted by atomic mass is 16.5. The van der Waals surface area contributed by atoms with Crippen LogP contribution >= 0.6 is 0 Å². The van der Waals surface area contributed by atoms with Gasteiger partial charge in [-0.05, 0) is 69.9 Å². The van der Waals surface area contributed by atoms with Crippen molar-refractivity contribution in [2.75, 3.05) is 6.61 Å². The third-order valence-electron chi connectivity index (χ3n) is 7.34. The summed E-state index contributed by atoms with van der Waals surface area (Å²) in [6.07, 6.45) is 4.65. The third kappa shape index (κ3) is 6.54. The number of carbonyl (C=O) groups is 2. The van der Waals surface area contributed by atoms with Gasteiger partial charge in [-0.15, -0.1) is 0 Å². The number of rotatable bonds is 2. The number of amides is 2. The zero-order valence-electron chi connectivity index (χ0n) is 23.9. The summed E-state index contributed by atoms with van der Waals surface area (Å²) in [5, 5.41) is 3.25. The van der Waals surface area contributed by atoms with Crippen LogP contribution in [0.2, 0.25) is 0 Å². The first-order chi connectivity index (χ1) is 18.7.